The van der Waals surface area contributed by atoms with E-state index in [0.717, 1.165) is 17.0 Å². The topological polar surface area (TPSA) is 62.3 Å². The average molecular weight is 426 g/mol. The predicted molar refractivity (Wildman–Crippen MR) is 117 cm³/mol. The van der Waals surface area contributed by atoms with Crippen LogP contribution in [0.5, 0.6) is 0 Å². The summed E-state index contributed by atoms with van der Waals surface area (Å²) in [6, 6.07) is 15.0. The summed E-state index contributed by atoms with van der Waals surface area (Å²) in [6.45, 7) is 2.63. The Hall–Kier alpha value is -2.61. The standard InChI is InChI=1S/C23H24FN3O2S/c1-15-26-10-11-27(15)20-8-7-16(13-19(20)24)14-29-22-18(23(25)30)9-12-28-21(22)17-5-3-2-4-6-17/h2-8,10-11,13,18,21-22H,9,12,14H2,1H3,(H2,25,30). The summed E-state index contributed by atoms with van der Waals surface area (Å²) >= 11 is 5.30. The van der Waals surface area contributed by atoms with Gasteiger partial charge in [0.25, 0.3) is 0 Å². The van der Waals surface area contributed by atoms with Crippen molar-refractivity contribution >= 4 is 17.2 Å². The molecule has 0 bridgehead atoms. The summed E-state index contributed by atoms with van der Waals surface area (Å²) in [5.41, 5.74) is 8.21. The maximum absolute atomic E-state index is 14.7. The van der Waals surface area contributed by atoms with Gasteiger partial charge in [-0.3, -0.25) is 0 Å². The second-order valence-corrected chi connectivity index (χ2v) is 7.88. The van der Waals surface area contributed by atoms with Crippen molar-refractivity contribution < 1.29 is 13.9 Å². The predicted octanol–water partition coefficient (Wildman–Crippen LogP) is 4.27. The van der Waals surface area contributed by atoms with Gasteiger partial charge in [0.2, 0.25) is 0 Å². The average Bonchev–Trinajstić information content (AvgIpc) is 3.18. The molecule has 2 aromatic carbocycles. The highest BCUT2D eigenvalue weighted by molar-refractivity contribution is 7.80. The van der Waals surface area contributed by atoms with Gasteiger partial charge in [-0.25, -0.2) is 9.37 Å². The molecular formula is C23H24FN3O2S. The third-order valence-electron chi connectivity index (χ3n) is 5.45. The van der Waals surface area contributed by atoms with Crippen molar-refractivity contribution in [2.24, 2.45) is 11.7 Å². The van der Waals surface area contributed by atoms with Crippen LogP contribution >= 0.6 is 12.2 Å². The number of halogens is 1. The Labute approximate surface area is 180 Å². The van der Waals surface area contributed by atoms with Crippen molar-refractivity contribution in [3.05, 3.63) is 83.7 Å². The van der Waals surface area contributed by atoms with Crippen molar-refractivity contribution in [3.63, 3.8) is 0 Å². The number of thiocarbonyl (C=S) groups is 1. The molecule has 0 spiro atoms. The number of nitrogens with two attached hydrogens (primary N) is 1. The lowest BCUT2D eigenvalue weighted by Crippen LogP contribution is -2.43. The number of aromatic nitrogens is 2. The van der Waals surface area contributed by atoms with Gasteiger partial charge in [0.15, 0.2) is 0 Å². The van der Waals surface area contributed by atoms with E-state index in [2.05, 4.69) is 4.98 Å². The van der Waals surface area contributed by atoms with Gasteiger partial charge in [-0.05, 0) is 36.6 Å². The van der Waals surface area contributed by atoms with E-state index in [1.54, 1.807) is 23.0 Å². The quantitative estimate of drug-likeness (QED) is 0.598. The van der Waals surface area contributed by atoms with Gasteiger partial charge in [-0.2, -0.15) is 0 Å². The molecule has 3 unspecified atom stereocenters. The van der Waals surface area contributed by atoms with Crippen LogP contribution in [-0.4, -0.2) is 27.3 Å². The fraction of sp³-hybridized carbons (Fsp3) is 0.304. The molecule has 156 valence electrons. The maximum atomic E-state index is 14.7. The molecule has 2 N–H and O–H groups in total. The molecular weight excluding hydrogens is 401 g/mol. The Morgan fingerprint density at radius 2 is 2.10 bits per heavy atom. The van der Waals surface area contributed by atoms with Gasteiger partial charge >= 0.3 is 0 Å². The van der Waals surface area contributed by atoms with E-state index in [-0.39, 0.29) is 30.5 Å². The van der Waals surface area contributed by atoms with Crippen LogP contribution in [0.25, 0.3) is 5.69 Å². The van der Waals surface area contributed by atoms with Crippen molar-refractivity contribution in [1.29, 1.82) is 0 Å². The van der Waals surface area contributed by atoms with Gasteiger partial charge in [-0.1, -0.05) is 48.6 Å². The van der Waals surface area contributed by atoms with E-state index >= 15 is 0 Å². The fourth-order valence-electron chi connectivity index (χ4n) is 3.89. The number of nitrogens with zero attached hydrogens (tertiary/aromatic N) is 2. The van der Waals surface area contributed by atoms with Gasteiger partial charge in [0.05, 0.1) is 23.4 Å². The molecule has 0 aliphatic carbocycles. The molecule has 7 heteroatoms. The molecule has 5 nitrogen and oxygen atoms in total. The third-order valence-corrected chi connectivity index (χ3v) is 5.76. The highest BCUT2D eigenvalue weighted by atomic mass is 32.1. The Morgan fingerprint density at radius 1 is 1.30 bits per heavy atom. The Kier molecular flexibility index (Phi) is 6.22. The van der Waals surface area contributed by atoms with Crippen LogP contribution in [0.1, 0.15) is 29.5 Å². The van der Waals surface area contributed by atoms with Crippen molar-refractivity contribution in [2.75, 3.05) is 6.61 Å². The first kappa shape index (κ1) is 20.7. The molecule has 2 heterocycles. The monoisotopic (exact) mass is 425 g/mol. The molecule has 4 rings (SSSR count). The van der Waals surface area contributed by atoms with E-state index in [4.69, 9.17) is 27.4 Å². The van der Waals surface area contributed by atoms with Crippen LogP contribution < -0.4 is 5.73 Å². The highest BCUT2D eigenvalue weighted by Gasteiger charge is 2.37. The van der Waals surface area contributed by atoms with E-state index in [1.165, 1.54) is 6.07 Å². The lowest BCUT2D eigenvalue weighted by atomic mass is 9.88. The molecule has 1 fully saturated rings. The summed E-state index contributed by atoms with van der Waals surface area (Å²) in [5.74, 6) is 0.293. The van der Waals surface area contributed by atoms with Crippen LogP contribution in [0, 0.1) is 18.7 Å². The van der Waals surface area contributed by atoms with Gasteiger partial charge in [-0.15, -0.1) is 0 Å². The molecule has 1 saturated heterocycles. The van der Waals surface area contributed by atoms with Crippen molar-refractivity contribution in [2.45, 2.75) is 32.2 Å². The van der Waals surface area contributed by atoms with Crippen LogP contribution in [-0.2, 0) is 16.1 Å². The number of aryl methyl sites for hydroxylation is 1. The van der Waals surface area contributed by atoms with Crippen LogP contribution in [0.4, 0.5) is 4.39 Å². The number of rotatable bonds is 6. The molecule has 3 aromatic rings. The summed E-state index contributed by atoms with van der Waals surface area (Å²) in [7, 11) is 0. The van der Waals surface area contributed by atoms with Gasteiger partial charge < -0.3 is 19.8 Å². The van der Waals surface area contributed by atoms with Crippen molar-refractivity contribution in [3.8, 4) is 5.69 Å². The van der Waals surface area contributed by atoms with Gasteiger partial charge in [0, 0.05) is 24.9 Å². The van der Waals surface area contributed by atoms with Gasteiger partial charge in [0.1, 0.15) is 17.7 Å². The molecule has 3 atom stereocenters. The summed E-state index contributed by atoms with van der Waals surface area (Å²) in [6.07, 6.45) is 3.48. The largest absolute Gasteiger partial charge is 0.393 e. The summed E-state index contributed by atoms with van der Waals surface area (Å²) < 4.78 is 28.7. The summed E-state index contributed by atoms with van der Waals surface area (Å²) in [5, 5.41) is 0. The first-order valence-electron chi connectivity index (χ1n) is 9.91. The lowest BCUT2D eigenvalue weighted by molar-refractivity contribution is -0.128. The number of benzene rings is 2. The minimum absolute atomic E-state index is 0.100. The van der Waals surface area contributed by atoms with Crippen LogP contribution in [0.3, 0.4) is 0 Å². The smallest absolute Gasteiger partial charge is 0.147 e. The van der Waals surface area contributed by atoms with Crippen LogP contribution in [0.2, 0.25) is 0 Å². The number of imidazole rings is 1. The molecule has 30 heavy (non-hydrogen) atoms. The summed E-state index contributed by atoms with van der Waals surface area (Å²) in [4.78, 5) is 4.57. The Bertz CT molecular complexity index is 1020. The molecule has 0 amide bonds. The Morgan fingerprint density at radius 3 is 2.77 bits per heavy atom. The zero-order chi connectivity index (χ0) is 21.1. The normalized spacial score (nSPS) is 21.5. The number of hydrogen-bond acceptors (Lipinski definition) is 4. The van der Waals surface area contributed by atoms with Crippen LogP contribution in [0.15, 0.2) is 60.9 Å². The van der Waals surface area contributed by atoms with E-state index in [1.807, 2.05) is 43.3 Å². The second kappa shape index (κ2) is 9.04. The first-order chi connectivity index (χ1) is 14.5. The SMILES string of the molecule is Cc1nccn1-c1ccc(COC2C(C(N)=S)CCOC2c2ccccc2)cc1F. The van der Waals surface area contributed by atoms with E-state index in [0.29, 0.717) is 23.7 Å². The first-order valence-corrected chi connectivity index (χ1v) is 10.3. The zero-order valence-corrected chi connectivity index (χ0v) is 17.5. The van der Waals surface area contributed by atoms with Crippen molar-refractivity contribution in [1.82, 2.24) is 9.55 Å². The molecule has 0 saturated carbocycles. The number of ether oxygens (including phenoxy) is 2. The fourth-order valence-corrected chi connectivity index (χ4v) is 4.14. The van der Waals surface area contributed by atoms with E-state index < -0.39 is 0 Å². The lowest BCUT2D eigenvalue weighted by Gasteiger charge is -2.37. The maximum Gasteiger partial charge on any atom is 0.147 e. The Balaban J connectivity index is 1.54. The molecule has 0 radical (unpaired) electrons. The third kappa shape index (κ3) is 4.28. The minimum atomic E-state index is -0.336. The molecule has 1 aliphatic rings. The van der Waals surface area contributed by atoms with E-state index in [9.17, 15) is 4.39 Å². The minimum Gasteiger partial charge on any atom is -0.393 e. The molecule has 1 aromatic heterocycles. The second-order valence-electron chi connectivity index (χ2n) is 7.41. The zero-order valence-electron chi connectivity index (χ0n) is 16.7. The highest BCUT2D eigenvalue weighted by Crippen LogP contribution is 2.35. The molecule has 1 aliphatic heterocycles. The number of hydrogen-bond donors (Lipinski definition) is 1.